The molecule has 5 heteroatoms. The average Bonchev–Trinajstić information content (AvgIpc) is 3.03. The van der Waals surface area contributed by atoms with Gasteiger partial charge >= 0.3 is 0 Å². The first kappa shape index (κ1) is 12.4. The molecule has 3 rings (SSSR count). The Morgan fingerprint density at radius 1 is 1.32 bits per heavy atom. The van der Waals surface area contributed by atoms with Crippen LogP contribution in [0.5, 0.6) is 0 Å². The van der Waals surface area contributed by atoms with E-state index in [9.17, 15) is 0 Å². The van der Waals surface area contributed by atoms with Gasteiger partial charge in [-0.25, -0.2) is 4.98 Å². The molecule has 0 aromatic carbocycles. The number of hydrogen-bond acceptors (Lipinski definition) is 3. The summed E-state index contributed by atoms with van der Waals surface area (Å²) in [5.41, 5.74) is 10.5. The maximum absolute atomic E-state index is 6.44. The number of aromatic nitrogens is 4. The molecule has 3 N–H and O–H groups in total. The van der Waals surface area contributed by atoms with Crippen molar-refractivity contribution in [1.29, 1.82) is 0 Å². The largest absolute Gasteiger partial charge is 0.340 e. The van der Waals surface area contributed by atoms with Gasteiger partial charge in [0, 0.05) is 18.3 Å². The van der Waals surface area contributed by atoms with E-state index in [0.717, 1.165) is 41.3 Å². The number of nitrogens with zero attached hydrogens (tertiary/aromatic N) is 3. The molecule has 2 aromatic rings. The normalized spacial score (nSPS) is 18.1. The van der Waals surface area contributed by atoms with Crippen LogP contribution in [0, 0.1) is 13.8 Å². The predicted octanol–water partition coefficient (Wildman–Crippen LogP) is 2.16. The van der Waals surface area contributed by atoms with Gasteiger partial charge in [0.2, 0.25) is 0 Å². The average molecular weight is 259 g/mol. The van der Waals surface area contributed by atoms with Crippen molar-refractivity contribution in [3.63, 3.8) is 0 Å². The van der Waals surface area contributed by atoms with Gasteiger partial charge in [0.25, 0.3) is 0 Å². The molecule has 19 heavy (non-hydrogen) atoms. The third-order valence-electron chi connectivity index (χ3n) is 4.32. The Kier molecular flexibility index (Phi) is 2.74. The summed E-state index contributed by atoms with van der Waals surface area (Å²) >= 11 is 0. The van der Waals surface area contributed by atoms with Crippen molar-refractivity contribution in [3.05, 3.63) is 23.4 Å². The lowest BCUT2D eigenvalue weighted by molar-refractivity contribution is 0.436. The number of nitrogens with one attached hydrogen (secondary N) is 1. The molecule has 2 heterocycles. The van der Waals surface area contributed by atoms with E-state index in [0.29, 0.717) is 0 Å². The molecule has 0 unspecified atom stereocenters. The maximum atomic E-state index is 6.44. The van der Waals surface area contributed by atoms with Crippen molar-refractivity contribution in [1.82, 2.24) is 19.7 Å². The zero-order chi connectivity index (χ0) is 13.6. The fourth-order valence-electron chi connectivity index (χ4n) is 3.11. The van der Waals surface area contributed by atoms with Crippen LogP contribution in [0.25, 0.3) is 11.3 Å². The SMILES string of the molecule is Cc1nn(C)c(C)c1-c1cnc(C2(N)CCCC2)[nH]1. The highest BCUT2D eigenvalue weighted by molar-refractivity contribution is 5.64. The summed E-state index contributed by atoms with van der Waals surface area (Å²) in [6, 6.07) is 0. The first-order chi connectivity index (χ1) is 9.01. The lowest BCUT2D eigenvalue weighted by Gasteiger charge is -2.20. The Bertz CT molecular complexity index is 601. The van der Waals surface area contributed by atoms with Crippen LogP contribution in [0.1, 0.15) is 42.9 Å². The van der Waals surface area contributed by atoms with E-state index >= 15 is 0 Å². The zero-order valence-electron chi connectivity index (χ0n) is 11.8. The van der Waals surface area contributed by atoms with Crippen LogP contribution in [0.15, 0.2) is 6.20 Å². The standard InChI is InChI=1S/C14H21N5/c1-9-12(10(2)19(3)18-9)11-8-16-13(17-11)14(15)6-4-5-7-14/h8H,4-7,15H2,1-3H3,(H,16,17). The van der Waals surface area contributed by atoms with E-state index in [1.54, 1.807) is 0 Å². The topological polar surface area (TPSA) is 72.5 Å². The number of hydrogen-bond donors (Lipinski definition) is 2. The van der Waals surface area contributed by atoms with Gasteiger partial charge in [-0.2, -0.15) is 5.10 Å². The van der Waals surface area contributed by atoms with Crippen LogP contribution in [-0.4, -0.2) is 19.7 Å². The van der Waals surface area contributed by atoms with Crippen molar-refractivity contribution >= 4 is 0 Å². The van der Waals surface area contributed by atoms with Gasteiger partial charge in [-0.15, -0.1) is 0 Å². The van der Waals surface area contributed by atoms with Gasteiger partial charge in [0.05, 0.1) is 23.1 Å². The minimum absolute atomic E-state index is 0.262. The molecular weight excluding hydrogens is 238 g/mol. The third kappa shape index (κ3) is 1.89. The second kappa shape index (κ2) is 4.20. The zero-order valence-corrected chi connectivity index (χ0v) is 11.8. The Balaban J connectivity index is 2.01. The Morgan fingerprint density at radius 3 is 2.58 bits per heavy atom. The Labute approximate surface area is 113 Å². The molecule has 0 radical (unpaired) electrons. The van der Waals surface area contributed by atoms with Crippen LogP contribution >= 0.6 is 0 Å². The van der Waals surface area contributed by atoms with E-state index in [1.165, 1.54) is 12.8 Å². The number of aryl methyl sites for hydroxylation is 2. The van der Waals surface area contributed by atoms with E-state index in [4.69, 9.17) is 5.73 Å². The molecule has 0 aliphatic heterocycles. The fourth-order valence-corrected chi connectivity index (χ4v) is 3.11. The van der Waals surface area contributed by atoms with Crippen LogP contribution in [0.4, 0.5) is 0 Å². The first-order valence-corrected chi connectivity index (χ1v) is 6.86. The smallest absolute Gasteiger partial charge is 0.126 e. The summed E-state index contributed by atoms with van der Waals surface area (Å²) in [4.78, 5) is 7.94. The molecule has 1 saturated carbocycles. The minimum Gasteiger partial charge on any atom is -0.340 e. The molecule has 0 spiro atoms. The summed E-state index contributed by atoms with van der Waals surface area (Å²) in [5, 5.41) is 4.45. The number of rotatable bonds is 2. The Morgan fingerprint density at radius 2 is 2.00 bits per heavy atom. The molecule has 1 aliphatic carbocycles. The first-order valence-electron chi connectivity index (χ1n) is 6.86. The second-order valence-electron chi connectivity index (χ2n) is 5.68. The predicted molar refractivity (Wildman–Crippen MR) is 74.6 cm³/mol. The van der Waals surface area contributed by atoms with Crippen LogP contribution in [0.2, 0.25) is 0 Å². The maximum Gasteiger partial charge on any atom is 0.126 e. The number of H-pyrrole nitrogens is 1. The summed E-state index contributed by atoms with van der Waals surface area (Å²) in [6.07, 6.45) is 6.31. The van der Waals surface area contributed by atoms with Crippen LogP contribution < -0.4 is 5.73 Å². The molecular formula is C14H21N5. The van der Waals surface area contributed by atoms with Gasteiger partial charge in [-0.1, -0.05) is 12.8 Å². The van der Waals surface area contributed by atoms with Gasteiger partial charge in [-0.3, -0.25) is 4.68 Å². The van der Waals surface area contributed by atoms with Gasteiger partial charge in [0.1, 0.15) is 5.82 Å². The van der Waals surface area contributed by atoms with Crippen LogP contribution in [0.3, 0.4) is 0 Å². The monoisotopic (exact) mass is 259 g/mol. The molecule has 2 aromatic heterocycles. The van der Waals surface area contributed by atoms with E-state index in [-0.39, 0.29) is 5.54 Å². The number of imidazole rings is 1. The van der Waals surface area contributed by atoms with Crippen molar-refractivity contribution in [2.45, 2.75) is 45.1 Å². The highest BCUT2D eigenvalue weighted by Gasteiger charge is 2.34. The van der Waals surface area contributed by atoms with Gasteiger partial charge in [-0.05, 0) is 26.7 Å². The van der Waals surface area contributed by atoms with Gasteiger partial charge in [0.15, 0.2) is 0 Å². The number of nitrogens with two attached hydrogens (primary N) is 1. The summed E-state index contributed by atoms with van der Waals surface area (Å²) in [6.45, 7) is 4.10. The fraction of sp³-hybridized carbons (Fsp3) is 0.571. The van der Waals surface area contributed by atoms with Crippen molar-refractivity contribution in [2.75, 3.05) is 0 Å². The number of aromatic amines is 1. The molecule has 0 atom stereocenters. The van der Waals surface area contributed by atoms with Crippen LogP contribution in [-0.2, 0) is 12.6 Å². The molecule has 0 amide bonds. The van der Waals surface area contributed by atoms with E-state index < -0.39 is 0 Å². The summed E-state index contributed by atoms with van der Waals surface area (Å²) in [7, 11) is 1.96. The minimum atomic E-state index is -0.262. The quantitative estimate of drug-likeness (QED) is 0.868. The highest BCUT2D eigenvalue weighted by Crippen LogP contribution is 2.36. The third-order valence-corrected chi connectivity index (χ3v) is 4.32. The van der Waals surface area contributed by atoms with Crippen molar-refractivity contribution in [2.24, 2.45) is 12.8 Å². The Hall–Kier alpha value is -1.62. The van der Waals surface area contributed by atoms with Gasteiger partial charge < -0.3 is 10.7 Å². The molecule has 5 nitrogen and oxygen atoms in total. The molecule has 1 aliphatic rings. The summed E-state index contributed by atoms with van der Waals surface area (Å²) < 4.78 is 1.90. The molecule has 0 saturated heterocycles. The van der Waals surface area contributed by atoms with Crippen molar-refractivity contribution in [3.8, 4) is 11.3 Å². The molecule has 0 bridgehead atoms. The lowest BCUT2D eigenvalue weighted by atomic mass is 9.98. The molecule has 1 fully saturated rings. The second-order valence-corrected chi connectivity index (χ2v) is 5.68. The molecule has 102 valence electrons. The lowest BCUT2D eigenvalue weighted by Crippen LogP contribution is -2.34. The van der Waals surface area contributed by atoms with E-state index in [1.807, 2.05) is 24.9 Å². The highest BCUT2D eigenvalue weighted by atomic mass is 15.3. The van der Waals surface area contributed by atoms with E-state index in [2.05, 4.69) is 22.0 Å². The summed E-state index contributed by atoms with van der Waals surface area (Å²) in [5.74, 6) is 0.919. The van der Waals surface area contributed by atoms with Crippen molar-refractivity contribution < 1.29 is 0 Å².